The van der Waals surface area contributed by atoms with Gasteiger partial charge in [-0.3, -0.25) is 19.2 Å². The number of carbonyl (C=O) groups is 4. The largest absolute Gasteiger partial charge is 0.466 e. The van der Waals surface area contributed by atoms with Crippen LogP contribution in [0.3, 0.4) is 0 Å². The van der Waals surface area contributed by atoms with Crippen molar-refractivity contribution >= 4 is 23.9 Å². The van der Waals surface area contributed by atoms with Crippen LogP contribution in [0.4, 0.5) is 0 Å². The fourth-order valence-electron chi connectivity index (χ4n) is 0.813. The van der Waals surface area contributed by atoms with Crippen LogP contribution in [-0.2, 0) is 38.1 Å². The molecule has 0 fully saturated rings. The number of hydrogen-bond acceptors (Lipinski definition) is 9. The minimum atomic E-state index is -0.211. The zero-order valence-corrected chi connectivity index (χ0v) is 19.1. The van der Waals surface area contributed by atoms with E-state index in [1.54, 1.807) is 41.5 Å². The van der Waals surface area contributed by atoms with Gasteiger partial charge in [-0.25, -0.2) is 0 Å². The predicted molar refractivity (Wildman–Crippen MR) is 107 cm³/mol. The fourth-order valence-corrected chi connectivity index (χ4v) is 0.813. The molecule has 28 heavy (non-hydrogen) atoms. The maximum Gasteiger partial charge on any atom is 0.302 e. The van der Waals surface area contributed by atoms with Crippen LogP contribution >= 0.6 is 0 Å². The fraction of sp³-hybridized carbons (Fsp3) is 0.789. The van der Waals surface area contributed by atoms with Crippen molar-refractivity contribution < 1.29 is 43.2 Å². The van der Waals surface area contributed by atoms with Gasteiger partial charge < -0.3 is 24.1 Å². The number of carbonyl (C=O) groups excluding carboxylic acids is 4. The third kappa shape index (κ3) is 128. The predicted octanol–water partition coefficient (Wildman–Crippen LogP) is 2.66. The maximum atomic E-state index is 9.82. The average Bonchev–Trinajstić information content (AvgIpc) is 2.47. The quantitative estimate of drug-likeness (QED) is 0.548. The second-order valence-electron chi connectivity index (χ2n) is 4.79. The van der Waals surface area contributed by atoms with Crippen LogP contribution in [0.25, 0.3) is 0 Å². The summed E-state index contributed by atoms with van der Waals surface area (Å²) in [6.07, 6.45) is -0.167. The van der Waals surface area contributed by atoms with Crippen molar-refractivity contribution in [2.24, 2.45) is 0 Å². The molecule has 0 aromatic carbocycles. The van der Waals surface area contributed by atoms with Gasteiger partial charge in [0, 0.05) is 33.8 Å². The number of ether oxygens (including phenoxy) is 4. The number of hydrogen-bond donors (Lipinski definition) is 1. The van der Waals surface area contributed by atoms with Gasteiger partial charge in [-0.1, -0.05) is 0 Å². The van der Waals surface area contributed by atoms with Crippen molar-refractivity contribution in [3.8, 4) is 0 Å². The van der Waals surface area contributed by atoms with Crippen molar-refractivity contribution in [2.45, 2.75) is 75.3 Å². The summed E-state index contributed by atoms with van der Waals surface area (Å²) in [5.41, 5.74) is 0. The van der Waals surface area contributed by atoms with E-state index in [2.05, 4.69) is 18.9 Å². The summed E-state index contributed by atoms with van der Waals surface area (Å²) in [6, 6.07) is 0. The second kappa shape index (κ2) is 32.5. The van der Waals surface area contributed by atoms with Gasteiger partial charge in [0.1, 0.15) is 0 Å². The maximum absolute atomic E-state index is 9.82. The normalized spacial score (nSPS) is 7.86. The Labute approximate surface area is 169 Å². The van der Waals surface area contributed by atoms with E-state index >= 15 is 0 Å². The number of aliphatic hydroxyl groups is 1. The molecule has 1 N–H and O–H groups in total. The number of aliphatic hydroxyl groups excluding tert-OH is 1. The summed E-state index contributed by atoms with van der Waals surface area (Å²) in [5, 5.41) is 8.06. The van der Waals surface area contributed by atoms with Gasteiger partial charge in [0.25, 0.3) is 0 Å². The van der Waals surface area contributed by atoms with E-state index in [1.807, 2.05) is 0 Å². The molecule has 0 bridgehead atoms. The SMILES string of the molecule is CC(C)O.CCOC(C)=O.CCOC(C)=O.CCOC(C)=O.CCOC(C)=O. The number of rotatable bonds is 4. The molecule has 0 rings (SSSR count). The molecular formula is C19H40O9. The molecule has 9 nitrogen and oxygen atoms in total. The minimum Gasteiger partial charge on any atom is -0.466 e. The van der Waals surface area contributed by atoms with Gasteiger partial charge in [-0.2, -0.15) is 0 Å². The molecule has 0 atom stereocenters. The van der Waals surface area contributed by atoms with E-state index in [1.165, 1.54) is 27.7 Å². The van der Waals surface area contributed by atoms with Crippen molar-refractivity contribution in [3.05, 3.63) is 0 Å². The van der Waals surface area contributed by atoms with E-state index < -0.39 is 0 Å². The van der Waals surface area contributed by atoms with Crippen molar-refractivity contribution in [3.63, 3.8) is 0 Å². The molecule has 0 radical (unpaired) electrons. The van der Waals surface area contributed by atoms with Crippen LogP contribution in [0.15, 0.2) is 0 Å². The van der Waals surface area contributed by atoms with Crippen LogP contribution in [-0.4, -0.2) is 61.5 Å². The molecule has 0 aromatic rings. The third-order valence-electron chi connectivity index (χ3n) is 1.39. The summed E-state index contributed by atoms with van der Waals surface area (Å²) >= 11 is 0. The first-order valence-corrected chi connectivity index (χ1v) is 9.03. The lowest BCUT2D eigenvalue weighted by molar-refractivity contribution is -0.141. The Morgan fingerprint density at radius 1 is 0.571 bits per heavy atom. The highest BCUT2D eigenvalue weighted by molar-refractivity contribution is 5.66. The minimum absolute atomic E-state index is 0.167. The van der Waals surface area contributed by atoms with Gasteiger partial charge in [0.15, 0.2) is 0 Å². The highest BCUT2D eigenvalue weighted by Crippen LogP contribution is 1.71. The second-order valence-corrected chi connectivity index (χ2v) is 4.79. The molecule has 0 spiro atoms. The van der Waals surface area contributed by atoms with Crippen molar-refractivity contribution in [2.75, 3.05) is 26.4 Å². The van der Waals surface area contributed by atoms with E-state index in [0.717, 1.165) is 0 Å². The summed E-state index contributed by atoms with van der Waals surface area (Å²) in [6.45, 7) is 18.1. The smallest absolute Gasteiger partial charge is 0.302 e. The lowest BCUT2D eigenvalue weighted by Gasteiger charge is -1.89. The highest BCUT2D eigenvalue weighted by Gasteiger charge is 1.83. The van der Waals surface area contributed by atoms with E-state index in [0.29, 0.717) is 26.4 Å². The Morgan fingerprint density at radius 2 is 0.679 bits per heavy atom. The van der Waals surface area contributed by atoms with Crippen LogP contribution in [0.5, 0.6) is 0 Å². The summed E-state index contributed by atoms with van der Waals surface area (Å²) < 4.78 is 17.6. The van der Waals surface area contributed by atoms with E-state index in [4.69, 9.17) is 5.11 Å². The monoisotopic (exact) mass is 412 g/mol. The first-order chi connectivity index (χ1) is 12.8. The Balaban J connectivity index is -0.0000000793. The lowest BCUT2D eigenvalue weighted by Crippen LogP contribution is -1.95. The zero-order chi connectivity index (χ0) is 23.5. The highest BCUT2D eigenvalue weighted by atomic mass is 16.5. The molecule has 0 heterocycles. The van der Waals surface area contributed by atoms with Crippen LogP contribution in [0, 0.1) is 0 Å². The Hall–Kier alpha value is -2.16. The molecular weight excluding hydrogens is 372 g/mol. The van der Waals surface area contributed by atoms with Gasteiger partial charge in [0.05, 0.1) is 26.4 Å². The molecule has 0 saturated heterocycles. The van der Waals surface area contributed by atoms with Gasteiger partial charge in [-0.15, -0.1) is 0 Å². The van der Waals surface area contributed by atoms with E-state index in [9.17, 15) is 19.2 Å². The average molecular weight is 413 g/mol. The van der Waals surface area contributed by atoms with Crippen LogP contribution in [0.1, 0.15) is 69.2 Å². The number of esters is 4. The molecule has 170 valence electrons. The molecule has 0 aliphatic rings. The first-order valence-electron chi connectivity index (χ1n) is 9.03. The molecule has 0 unspecified atom stereocenters. The zero-order valence-electron chi connectivity index (χ0n) is 19.1. The summed E-state index contributed by atoms with van der Waals surface area (Å²) in [7, 11) is 0. The van der Waals surface area contributed by atoms with Gasteiger partial charge >= 0.3 is 23.9 Å². The van der Waals surface area contributed by atoms with E-state index in [-0.39, 0.29) is 30.0 Å². The van der Waals surface area contributed by atoms with Gasteiger partial charge in [0.2, 0.25) is 0 Å². The summed E-state index contributed by atoms with van der Waals surface area (Å²) in [4.78, 5) is 39.3. The van der Waals surface area contributed by atoms with Crippen molar-refractivity contribution in [1.82, 2.24) is 0 Å². The molecule has 9 heteroatoms. The van der Waals surface area contributed by atoms with Gasteiger partial charge in [-0.05, 0) is 41.5 Å². The molecule has 0 amide bonds. The summed E-state index contributed by atoms with van der Waals surface area (Å²) in [5.74, 6) is -0.843. The van der Waals surface area contributed by atoms with Crippen LogP contribution < -0.4 is 0 Å². The first kappa shape index (κ1) is 36.7. The Bertz CT molecular complexity index is 300. The van der Waals surface area contributed by atoms with Crippen molar-refractivity contribution in [1.29, 1.82) is 0 Å². The molecule has 0 aliphatic heterocycles. The standard InChI is InChI=1S/4C4H8O2.C3H8O/c4*1-3-6-4(2)5;1-3(2)4/h4*3H2,1-2H3;3-4H,1-2H3. The molecule has 0 saturated carbocycles. The topological polar surface area (TPSA) is 125 Å². The molecule has 0 aromatic heterocycles. The lowest BCUT2D eigenvalue weighted by atomic mass is 10.5. The molecule has 0 aliphatic carbocycles. The Morgan fingerprint density at radius 3 is 0.679 bits per heavy atom. The third-order valence-corrected chi connectivity index (χ3v) is 1.39. The Kier molecular flexibility index (Phi) is 42.6. The van der Waals surface area contributed by atoms with Crippen LogP contribution in [0.2, 0.25) is 0 Å².